The molecule has 0 saturated heterocycles. The molecule has 0 spiro atoms. The van der Waals surface area contributed by atoms with E-state index in [4.69, 9.17) is 16.2 Å². The maximum Gasteiger partial charge on any atom is 0.248 e. The number of rotatable bonds is 6. The van der Waals surface area contributed by atoms with E-state index in [2.05, 4.69) is 5.32 Å². The SMILES string of the molecule is NCCOc1ccc(Nc2ccc(C(N)=O)cc2F)cc1. The quantitative estimate of drug-likeness (QED) is 0.758. The summed E-state index contributed by atoms with van der Waals surface area (Å²) in [6.07, 6.45) is 0. The zero-order valence-electron chi connectivity index (χ0n) is 11.3. The highest BCUT2D eigenvalue weighted by atomic mass is 19.1. The Labute approximate surface area is 121 Å². The Morgan fingerprint density at radius 3 is 2.48 bits per heavy atom. The number of anilines is 2. The molecule has 5 nitrogen and oxygen atoms in total. The third-order valence-electron chi connectivity index (χ3n) is 2.77. The fourth-order valence-electron chi connectivity index (χ4n) is 1.74. The summed E-state index contributed by atoms with van der Waals surface area (Å²) in [5.74, 6) is -0.521. The molecule has 0 saturated carbocycles. The second-order valence-electron chi connectivity index (χ2n) is 4.35. The summed E-state index contributed by atoms with van der Waals surface area (Å²) in [5.41, 5.74) is 11.5. The van der Waals surface area contributed by atoms with Crippen molar-refractivity contribution in [2.24, 2.45) is 11.5 Å². The summed E-state index contributed by atoms with van der Waals surface area (Å²) < 4.78 is 19.2. The van der Waals surface area contributed by atoms with Crippen LogP contribution in [0.25, 0.3) is 0 Å². The molecule has 0 aliphatic heterocycles. The van der Waals surface area contributed by atoms with Crippen LogP contribution in [0.2, 0.25) is 0 Å². The summed E-state index contributed by atoms with van der Waals surface area (Å²) in [7, 11) is 0. The fraction of sp³-hybridized carbons (Fsp3) is 0.133. The molecule has 0 aliphatic carbocycles. The van der Waals surface area contributed by atoms with Crippen molar-refractivity contribution < 1.29 is 13.9 Å². The number of halogens is 1. The van der Waals surface area contributed by atoms with E-state index in [9.17, 15) is 9.18 Å². The van der Waals surface area contributed by atoms with Crippen LogP contribution in [0.15, 0.2) is 42.5 Å². The van der Waals surface area contributed by atoms with Crippen molar-refractivity contribution in [1.29, 1.82) is 0 Å². The van der Waals surface area contributed by atoms with Gasteiger partial charge in [0.15, 0.2) is 0 Å². The Balaban J connectivity index is 2.09. The summed E-state index contributed by atoms with van der Waals surface area (Å²) in [6.45, 7) is 0.882. The first-order valence-electron chi connectivity index (χ1n) is 6.39. The van der Waals surface area contributed by atoms with Crippen LogP contribution in [0.4, 0.5) is 15.8 Å². The molecule has 21 heavy (non-hydrogen) atoms. The predicted molar refractivity (Wildman–Crippen MR) is 79.2 cm³/mol. The van der Waals surface area contributed by atoms with Gasteiger partial charge < -0.3 is 21.5 Å². The van der Waals surface area contributed by atoms with Crippen molar-refractivity contribution >= 4 is 17.3 Å². The highest BCUT2D eigenvalue weighted by molar-refractivity contribution is 5.93. The zero-order valence-corrected chi connectivity index (χ0v) is 11.3. The van der Waals surface area contributed by atoms with E-state index in [0.29, 0.717) is 24.6 Å². The number of nitrogens with two attached hydrogens (primary N) is 2. The maximum atomic E-state index is 13.8. The minimum Gasteiger partial charge on any atom is -0.492 e. The van der Waals surface area contributed by atoms with Gasteiger partial charge in [-0.15, -0.1) is 0 Å². The Hall–Kier alpha value is -2.60. The molecule has 0 heterocycles. The largest absolute Gasteiger partial charge is 0.492 e. The van der Waals surface area contributed by atoms with Gasteiger partial charge in [0.1, 0.15) is 18.2 Å². The first-order valence-corrected chi connectivity index (χ1v) is 6.39. The Morgan fingerprint density at radius 1 is 1.19 bits per heavy atom. The van der Waals surface area contributed by atoms with Crippen LogP contribution >= 0.6 is 0 Å². The van der Waals surface area contributed by atoms with Gasteiger partial charge in [-0.25, -0.2) is 4.39 Å². The molecular weight excluding hydrogens is 273 g/mol. The number of nitrogens with one attached hydrogen (secondary N) is 1. The normalized spacial score (nSPS) is 10.2. The molecule has 1 amide bonds. The van der Waals surface area contributed by atoms with Gasteiger partial charge in [0.05, 0.1) is 5.69 Å². The molecule has 6 heteroatoms. The molecular formula is C15H16FN3O2. The van der Waals surface area contributed by atoms with Crippen LogP contribution in [0.5, 0.6) is 5.75 Å². The van der Waals surface area contributed by atoms with Crippen molar-refractivity contribution in [2.75, 3.05) is 18.5 Å². The summed E-state index contributed by atoms with van der Waals surface area (Å²) in [6, 6.07) is 11.1. The van der Waals surface area contributed by atoms with Crippen LogP contribution in [0.3, 0.4) is 0 Å². The molecule has 2 aromatic carbocycles. The number of ether oxygens (including phenoxy) is 1. The van der Waals surface area contributed by atoms with Gasteiger partial charge in [-0.2, -0.15) is 0 Å². The lowest BCUT2D eigenvalue weighted by Crippen LogP contribution is -2.11. The van der Waals surface area contributed by atoms with Crippen LogP contribution in [-0.2, 0) is 0 Å². The van der Waals surface area contributed by atoms with Gasteiger partial charge in [-0.1, -0.05) is 0 Å². The first-order chi connectivity index (χ1) is 10.1. The van der Waals surface area contributed by atoms with Gasteiger partial charge in [0.25, 0.3) is 0 Å². The topological polar surface area (TPSA) is 90.4 Å². The highest BCUT2D eigenvalue weighted by Crippen LogP contribution is 2.23. The number of carbonyl (C=O) groups excluding carboxylic acids is 1. The average molecular weight is 289 g/mol. The molecule has 0 radical (unpaired) electrons. The number of primary amides is 1. The van der Waals surface area contributed by atoms with Crippen LogP contribution in [0.1, 0.15) is 10.4 Å². The molecule has 2 rings (SSSR count). The molecule has 2 aromatic rings. The van der Waals surface area contributed by atoms with Gasteiger partial charge in [-0.05, 0) is 42.5 Å². The minimum atomic E-state index is -0.665. The molecule has 0 atom stereocenters. The summed E-state index contributed by atoms with van der Waals surface area (Å²) >= 11 is 0. The smallest absolute Gasteiger partial charge is 0.248 e. The van der Waals surface area contributed by atoms with Crippen molar-refractivity contribution in [3.63, 3.8) is 0 Å². The Kier molecular flexibility index (Phi) is 4.73. The lowest BCUT2D eigenvalue weighted by Gasteiger charge is -2.10. The second-order valence-corrected chi connectivity index (χ2v) is 4.35. The van der Waals surface area contributed by atoms with Crippen LogP contribution in [0, 0.1) is 5.82 Å². The van der Waals surface area contributed by atoms with E-state index in [1.54, 1.807) is 24.3 Å². The fourth-order valence-corrected chi connectivity index (χ4v) is 1.74. The molecule has 0 bridgehead atoms. The van der Waals surface area contributed by atoms with E-state index in [0.717, 1.165) is 6.07 Å². The standard InChI is InChI=1S/C15H16FN3O2/c16-13-9-10(15(18)20)1-6-14(13)19-11-2-4-12(5-3-11)21-8-7-17/h1-6,9,19H,7-8,17H2,(H2,18,20). The Morgan fingerprint density at radius 2 is 1.90 bits per heavy atom. The zero-order chi connectivity index (χ0) is 15.2. The maximum absolute atomic E-state index is 13.8. The minimum absolute atomic E-state index is 0.128. The van der Waals surface area contributed by atoms with E-state index >= 15 is 0 Å². The highest BCUT2D eigenvalue weighted by Gasteiger charge is 2.07. The predicted octanol–water partition coefficient (Wildman–Crippen LogP) is 2.01. The molecule has 5 N–H and O–H groups in total. The van der Waals surface area contributed by atoms with E-state index in [1.807, 2.05) is 0 Å². The Bertz CT molecular complexity index is 629. The number of hydrogen-bond donors (Lipinski definition) is 3. The van der Waals surface area contributed by atoms with Gasteiger partial charge in [0, 0.05) is 17.8 Å². The summed E-state index contributed by atoms with van der Waals surface area (Å²) in [4.78, 5) is 11.0. The van der Waals surface area contributed by atoms with Gasteiger partial charge in [0.2, 0.25) is 5.91 Å². The molecule has 0 unspecified atom stereocenters. The lowest BCUT2D eigenvalue weighted by atomic mass is 10.2. The van der Waals surface area contributed by atoms with E-state index in [-0.39, 0.29) is 11.3 Å². The number of hydrogen-bond acceptors (Lipinski definition) is 4. The number of amides is 1. The van der Waals surface area contributed by atoms with Crippen LogP contribution < -0.4 is 21.5 Å². The lowest BCUT2D eigenvalue weighted by molar-refractivity contribution is 0.1000. The first kappa shape index (κ1) is 14.8. The average Bonchev–Trinajstić information content (AvgIpc) is 2.48. The number of benzene rings is 2. The van der Waals surface area contributed by atoms with Crippen molar-refractivity contribution in [2.45, 2.75) is 0 Å². The molecule has 110 valence electrons. The van der Waals surface area contributed by atoms with Crippen molar-refractivity contribution in [1.82, 2.24) is 0 Å². The number of carbonyl (C=O) groups is 1. The third kappa shape index (κ3) is 3.93. The van der Waals surface area contributed by atoms with E-state index in [1.165, 1.54) is 12.1 Å². The van der Waals surface area contributed by atoms with Crippen molar-refractivity contribution in [3.8, 4) is 5.75 Å². The van der Waals surface area contributed by atoms with Gasteiger partial charge >= 0.3 is 0 Å². The molecule has 0 aromatic heterocycles. The van der Waals surface area contributed by atoms with Crippen molar-refractivity contribution in [3.05, 3.63) is 53.8 Å². The second kappa shape index (κ2) is 6.71. The van der Waals surface area contributed by atoms with Gasteiger partial charge in [-0.3, -0.25) is 4.79 Å². The summed E-state index contributed by atoms with van der Waals surface area (Å²) in [5, 5.41) is 2.91. The van der Waals surface area contributed by atoms with E-state index < -0.39 is 11.7 Å². The van der Waals surface area contributed by atoms with Crippen LogP contribution in [-0.4, -0.2) is 19.1 Å². The third-order valence-corrected chi connectivity index (χ3v) is 2.77. The monoisotopic (exact) mass is 289 g/mol. The molecule has 0 aliphatic rings. The molecule has 0 fully saturated rings.